The summed E-state index contributed by atoms with van der Waals surface area (Å²) in [7, 11) is 0. The van der Waals surface area contributed by atoms with Crippen LogP contribution in [0, 0.1) is 56.7 Å². The van der Waals surface area contributed by atoms with Crippen molar-refractivity contribution in [3.8, 4) is 0 Å². The molecule has 1 heterocycles. The van der Waals surface area contributed by atoms with Gasteiger partial charge in [0.2, 0.25) is 0 Å². The van der Waals surface area contributed by atoms with Crippen LogP contribution >= 0.6 is 0 Å². The van der Waals surface area contributed by atoms with Crippen molar-refractivity contribution < 1.29 is 9.90 Å². The Balaban J connectivity index is 1.34. The fraction of sp³-hybridized carbons (Fsp3) is 0.714. The minimum absolute atomic E-state index is 0.0309. The maximum absolute atomic E-state index is 13.8. The molecule has 0 radical (unpaired) electrons. The second-order valence-electron chi connectivity index (χ2n) is 15.3. The molecule has 3 heteroatoms. The Morgan fingerprint density at radius 3 is 2.55 bits per heavy atom. The van der Waals surface area contributed by atoms with Gasteiger partial charge in [0.25, 0.3) is 0 Å². The first kappa shape index (κ1) is 26.5. The number of aliphatic hydroxyl groups is 1. The zero-order valence-electron chi connectivity index (χ0n) is 24.4. The van der Waals surface area contributed by atoms with Crippen molar-refractivity contribution in [2.45, 2.75) is 92.4 Å². The van der Waals surface area contributed by atoms with Crippen molar-refractivity contribution in [1.82, 2.24) is 4.98 Å². The predicted octanol–water partition coefficient (Wildman–Crippen LogP) is 7.90. The van der Waals surface area contributed by atoms with Crippen molar-refractivity contribution >= 4 is 11.9 Å². The third kappa shape index (κ3) is 3.55. The van der Waals surface area contributed by atoms with E-state index in [0.717, 1.165) is 36.7 Å². The second-order valence-corrected chi connectivity index (χ2v) is 15.3. The number of carbonyl (C=O) groups excluding carboxylic acids is 1. The Morgan fingerprint density at radius 1 is 1.00 bits per heavy atom. The number of ketones is 1. The Labute approximate surface area is 230 Å². The van der Waals surface area contributed by atoms with E-state index in [9.17, 15) is 9.90 Å². The lowest BCUT2D eigenvalue weighted by atomic mass is 9.33. The molecule has 1 N–H and O–H groups in total. The molecule has 0 aromatic carbocycles. The highest BCUT2D eigenvalue weighted by molar-refractivity contribution is 5.95. The van der Waals surface area contributed by atoms with Crippen molar-refractivity contribution in [3.63, 3.8) is 0 Å². The smallest absolute Gasteiger partial charge is 0.159 e. The van der Waals surface area contributed by atoms with Crippen LogP contribution in [0.25, 0.3) is 6.08 Å². The van der Waals surface area contributed by atoms with Gasteiger partial charge in [-0.05, 0) is 132 Å². The van der Waals surface area contributed by atoms with Crippen LogP contribution in [0.15, 0.2) is 42.8 Å². The van der Waals surface area contributed by atoms with Gasteiger partial charge in [-0.25, -0.2) is 0 Å². The molecule has 0 spiro atoms. The SMILES string of the molecule is CC1(C)C=CC[C@]2(C)[C@H]3CC[C@@H]4[C@H]5[C@H](C(=O)/C=C/c6cccnc6)CC[C@]5(CO)CC[C@@]4(C)[C@]3(C)CC[C@@H]12. The molecule has 0 aliphatic heterocycles. The van der Waals surface area contributed by atoms with Gasteiger partial charge in [-0.1, -0.05) is 52.8 Å². The van der Waals surface area contributed by atoms with Crippen LogP contribution in [0.5, 0.6) is 0 Å². The summed E-state index contributed by atoms with van der Waals surface area (Å²) in [6.45, 7) is 13.1. The fourth-order valence-corrected chi connectivity index (χ4v) is 11.7. The van der Waals surface area contributed by atoms with Gasteiger partial charge in [0.1, 0.15) is 0 Å². The van der Waals surface area contributed by atoms with E-state index in [1.165, 1.54) is 38.5 Å². The van der Waals surface area contributed by atoms with Gasteiger partial charge in [-0.2, -0.15) is 0 Å². The Kier molecular flexibility index (Phi) is 6.19. The van der Waals surface area contributed by atoms with E-state index in [1.54, 1.807) is 6.20 Å². The van der Waals surface area contributed by atoms with E-state index < -0.39 is 0 Å². The first-order valence-corrected chi connectivity index (χ1v) is 15.4. The fourth-order valence-electron chi connectivity index (χ4n) is 11.7. The average Bonchev–Trinajstić information content (AvgIpc) is 3.28. The van der Waals surface area contributed by atoms with E-state index in [2.05, 4.69) is 51.8 Å². The Morgan fingerprint density at radius 2 is 1.82 bits per heavy atom. The summed E-state index contributed by atoms with van der Waals surface area (Å²) in [5.74, 6) is 2.57. The number of hydrogen-bond acceptors (Lipinski definition) is 3. The molecule has 4 fully saturated rings. The molecule has 4 saturated carbocycles. The summed E-state index contributed by atoms with van der Waals surface area (Å²) in [5, 5.41) is 10.8. The lowest BCUT2D eigenvalue weighted by Crippen LogP contribution is -2.65. The molecule has 38 heavy (non-hydrogen) atoms. The summed E-state index contributed by atoms with van der Waals surface area (Å²) in [5.41, 5.74) is 2.02. The normalized spacial score (nSPS) is 47.2. The molecule has 9 atom stereocenters. The summed E-state index contributed by atoms with van der Waals surface area (Å²) < 4.78 is 0. The number of aliphatic hydroxyl groups excluding tert-OH is 1. The molecule has 3 nitrogen and oxygen atoms in total. The van der Waals surface area contributed by atoms with Crippen LogP contribution in [-0.4, -0.2) is 22.5 Å². The largest absolute Gasteiger partial charge is 0.396 e. The number of hydrogen-bond donors (Lipinski definition) is 1. The third-order valence-electron chi connectivity index (χ3n) is 13.7. The Hall–Kier alpha value is -1.74. The van der Waals surface area contributed by atoms with Gasteiger partial charge in [-0.15, -0.1) is 0 Å². The van der Waals surface area contributed by atoms with Crippen molar-refractivity contribution in [3.05, 3.63) is 48.3 Å². The zero-order chi connectivity index (χ0) is 27.0. The maximum atomic E-state index is 13.8. The quantitative estimate of drug-likeness (QED) is 0.327. The van der Waals surface area contributed by atoms with Gasteiger partial charge in [0.15, 0.2) is 5.78 Å². The van der Waals surface area contributed by atoms with Crippen molar-refractivity contribution in [2.24, 2.45) is 56.7 Å². The van der Waals surface area contributed by atoms with E-state index in [4.69, 9.17) is 0 Å². The molecule has 206 valence electrons. The molecule has 6 rings (SSSR count). The van der Waals surface area contributed by atoms with Gasteiger partial charge in [-0.3, -0.25) is 9.78 Å². The monoisotopic (exact) mass is 515 g/mol. The highest BCUT2D eigenvalue weighted by Gasteiger charge is 2.70. The van der Waals surface area contributed by atoms with E-state index >= 15 is 0 Å². The van der Waals surface area contributed by atoms with Gasteiger partial charge in [0, 0.05) is 24.9 Å². The Bertz CT molecular complexity index is 1140. The molecule has 0 saturated heterocycles. The second kappa shape index (κ2) is 8.88. The number of aromatic nitrogens is 1. The van der Waals surface area contributed by atoms with Crippen molar-refractivity contribution in [2.75, 3.05) is 6.61 Å². The topological polar surface area (TPSA) is 50.2 Å². The minimum Gasteiger partial charge on any atom is -0.396 e. The number of carbonyl (C=O) groups is 1. The number of fused-ring (bicyclic) bond motifs is 7. The summed E-state index contributed by atoms with van der Waals surface area (Å²) in [6.07, 6.45) is 22.9. The average molecular weight is 516 g/mol. The standard InChI is InChI=1S/C35H49NO2/c1-31(2)15-7-16-32(3)28(31)14-17-34(5)29(32)12-10-26-30-25(27(38)11-9-24-8-6-21-36-22-24)13-18-35(30,23-37)20-19-33(26,34)4/h6-9,11,15,21-22,25-26,28-30,37H,10,12-14,16-20,23H2,1-5H3/b11-9+/t25-,26+,28-,29+,30+,32-,33+,34+,35+/m0/s1. The highest BCUT2D eigenvalue weighted by Crippen LogP contribution is 2.76. The molecule has 5 aliphatic carbocycles. The van der Waals surface area contributed by atoms with Crippen LogP contribution < -0.4 is 0 Å². The van der Waals surface area contributed by atoms with Crippen LogP contribution in [-0.2, 0) is 4.79 Å². The van der Waals surface area contributed by atoms with Gasteiger partial charge < -0.3 is 5.11 Å². The maximum Gasteiger partial charge on any atom is 0.159 e. The van der Waals surface area contributed by atoms with Crippen molar-refractivity contribution in [1.29, 1.82) is 0 Å². The van der Waals surface area contributed by atoms with Crippen LogP contribution in [0.1, 0.15) is 98.0 Å². The molecular weight excluding hydrogens is 466 g/mol. The molecule has 0 unspecified atom stereocenters. The molecule has 0 amide bonds. The van der Waals surface area contributed by atoms with Crippen LogP contribution in [0.2, 0.25) is 0 Å². The number of allylic oxidation sites excluding steroid dienone is 3. The van der Waals surface area contributed by atoms with Crippen LogP contribution in [0.4, 0.5) is 0 Å². The highest BCUT2D eigenvalue weighted by atomic mass is 16.3. The molecule has 5 aliphatic rings. The van der Waals surface area contributed by atoms with Gasteiger partial charge >= 0.3 is 0 Å². The molecule has 1 aromatic rings. The third-order valence-corrected chi connectivity index (χ3v) is 13.7. The van der Waals surface area contributed by atoms with E-state index in [1.807, 2.05) is 30.5 Å². The lowest BCUT2D eigenvalue weighted by Gasteiger charge is -2.72. The molecular formula is C35H49NO2. The van der Waals surface area contributed by atoms with E-state index in [0.29, 0.717) is 17.3 Å². The lowest BCUT2D eigenvalue weighted by molar-refractivity contribution is -0.229. The van der Waals surface area contributed by atoms with Gasteiger partial charge in [0.05, 0.1) is 0 Å². The summed E-state index contributed by atoms with van der Waals surface area (Å²) in [4.78, 5) is 18.0. The number of rotatable bonds is 4. The molecule has 1 aromatic heterocycles. The first-order chi connectivity index (χ1) is 18.0. The number of nitrogens with zero attached hydrogens (tertiary/aromatic N) is 1. The van der Waals surface area contributed by atoms with E-state index in [-0.39, 0.29) is 40.0 Å². The summed E-state index contributed by atoms with van der Waals surface area (Å²) in [6, 6.07) is 3.92. The first-order valence-electron chi connectivity index (χ1n) is 15.4. The predicted molar refractivity (Wildman–Crippen MR) is 154 cm³/mol. The minimum atomic E-state index is -0.0769. The summed E-state index contributed by atoms with van der Waals surface area (Å²) >= 11 is 0. The van der Waals surface area contributed by atoms with Crippen LogP contribution in [0.3, 0.4) is 0 Å². The number of pyridine rings is 1. The zero-order valence-corrected chi connectivity index (χ0v) is 24.4. The molecule has 0 bridgehead atoms.